The lowest BCUT2D eigenvalue weighted by Gasteiger charge is -2.30. The molecule has 2 bridgehead atoms. The molecule has 1 aromatic carbocycles. The molecule has 1 fully saturated rings. The van der Waals surface area contributed by atoms with Crippen molar-refractivity contribution in [3.05, 3.63) is 47.7 Å². The van der Waals surface area contributed by atoms with Crippen molar-refractivity contribution in [2.75, 3.05) is 20.1 Å². The van der Waals surface area contributed by atoms with Crippen LogP contribution < -0.4 is 5.32 Å². The Labute approximate surface area is 150 Å². The van der Waals surface area contributed by atoms with Gasteiger partial charge in [0.1, 0.15) is 0 Å². The number of nitrogens with zero attached hydrogens (tertiary/aromatic N) is 2. The first-order valence-electron chi connectivity index (χ1n) is 8.54. The maximum atomic E-state index is 12.7. The van der Waals surface area contributed by atoms with Gasteiger partial charge in [-0.1, -0.05) is 12.6 Å². The highest BCUT2D eigenvalue weighted by Gasteiger charge is 2.39. The van der Waals surface area contributed by atoms with E-state index in [1.807, 2.05) is 18.2 Å². The second-order valence-corrected chi connectivity index (χ2v) is 6.86. The number of hydrogen-bond acceptors (Lipinski definition) is 3. The Balaban J connectivity index is 1.75. The zero-order chi connectivity index (χ0) is 18.4. The molecule has 0 saturated carbocycles. The third-order valence-electron chi connectivity index (χ3n) is 5.12. The van der Waals surface area contributed by atoms with E-state index >= 15 is 0 Å². The Bertz CT molecular complexity index is 946. The molecule has 2 N–H and O–H groups in total. The van der Waals surface area contributed by atoms with Crippen molar-refractivity contribution in [2.24, 2.45) is 0 Å². The minimum Gasteiger partial charge on any atom is -0.357 e. The van der Waals surface area contributed by atoms with E-state index in [4.69, 9.17) is 0 Å². The molecule has 1 aromatic heterocycles. The predicted molar refractivity (Wildman–Crippen MR) is 96.5 cm³/mol. The van der Waals surface area contributed by atoms with E-state index in [9.17, 15) is 14.4 Å². The van der Waals surface area contributed by atoms with Crippen molar-refractivity contribution in [1.82, 2.24) is 20.1 Å². The van der Waals surface area contributed by atoms with E-state index in [2.05, 4.69) is 16.9 Å². The molecule has 1 saturated heterocycles. The predicted octanol–water partition coefficient (Wildman–Crippen LogP) is 1.50. The molecule has 4 rings (SSSR count). The molecule has 0 spiro atoms. The number of amides is 3. The van der Waals surface area contributed by atoms with E-state index in [1.54, 1.807) is 11.9 Å². The summed E-state index contributed by atoms with van der Waals surface area (Å²) in [5.74, 6) is -0.493. The zero-order valence-corrected chi connectivity index (χ0v) is 14.5. The van der Waals surface area contributed by atoms with Gasteiger partial charge in [-0.2, -0.15) is 0 Å². The number of carbonyl (C=O) groups is 3. The third-order valence-corrected chi connectivity index (χ3v) is 5.12. The molecule has 0 radical (unpaired) electrons. The maximum absolute atomic E-state index is 12.7. The van der Waals surface area contributed by atoms with E-state index < -0.39 is 0 Å². The second kappa shape index (κ2) is 6.01. The normalized spacial score (nSPS) is 19.3. The molecule has 7 nitrogen and oxygen atoms in total. The molecule has 2 aromatic rings. The van der Waals surface area contributed by atoms with Crippen LogP contribution in [0.3, 0.4) is 0 Å². The van der Waals surface area contributed by atoms with Gasteiger partial charge in [0.05, 0.1) is 19.0 Å². The summed E-state index contributed by atoms with van der Waals surface area (Å²) in [6.45, 7) is 4.86. The van der Waals surface area contributed by atoms with Crippen LogP contribution in [-0.4, -0.2) is 52.6 Å². The summed E-state index contributed by atoms with van der Waals surface area (Å²) in [5, 5.41) is 3.75. The molecule has 134 valence electrons. The van der Waals surface area contributed by atoms with E-state index in [1.165, 1.54) is 11.0 Å². The summed E-state index contributed by atoms with van der Waals surface area (Å²) in [7, 11) is 1.66. The number of likely N-dealkylation sites (N-methyl/N-ethyl adjacent to an activating group) is 1. The van der Waals surface area contributed by atoms with Crippen LogP contribution in [0, 0.1) is 0 Å². The molecule has 1 unspecified atom stereocenters. The number of aromatic nitrogens is 1. The smallest absolute Gasteiger partial charge is 0.320 e. The highest BCUT2D eigenvalue weighted by Crippen LogP contribution is 2.37. The van der Waals surface area contributed by atoms with Gasteiger partial charge in [0.25, 0.3) is 0 Å². The van der Waals surface area contributed by atoms with Crippen LogP contribution in [0.15, 0.2) is 30.9 Å². The molecule has 2 aliphatic rings. The first-order chi connectivity index (χ1) is 12.5. The number of hydrogen-bond donors (Lipinski definition) is 2. The number of urea groups is 1. The number of fused-ring (bicyclic) bond motifs is 6. The topological polar surface area (TPSA) is 85.5 Å². The van der Waals surface area contributed by atoms with Crippen molar-refractivity contribution < 1.29 is 14.4 Å². The number of Topliss-reactive ketones (excluding diaryl/α,β-unsaturated/α-hetero) is 1. The minimum atomic E-state index is -0.320. The lowest BCUT2D eigenvalue weighted by molar-refractivity contribution is -0.120. The Hall–Kier alpha value is -3.09. The van der Waals surface area contributed by atoms with Crippen molar-refractivity contribution in [1.29, 1.82) is 0 Å². The largest absolute Gasteiger partial charge is 0.357 e. The molecule has 2 aliphatic heterocycles. The fourth-order valence-electron chi connectivity index (χ4n) is 3.84. The van der Waals surface area contributed by atoms with Gasteiger partial charge in [-0.05, 0) is 29.3 Å². The van der Waals surface area contributed by atoms with Gasteiger partial charge >= 0.3 is 6.03 Å². The number of aromatic amines is 1. The average molecular weight is 352 g/mol. The van der Waals surface area contributed by atoms with E-state index in [0.29, 0.717) is 19.6 Å². The van der Waals surface area contributed by atoms with Gasteiger partial charge in [-0.3, -0.25) is 9.59 Å². The SMILES string of the molecule is C=CC(=O)NCc1ccc2[nH]c3c(c2c1)C1CN(C3)C(=O)N(C)CC1=O. The summed E-state index contributed by atoms with van der Waals surface area (Å²) in [6.07, 6.45) is 1.24. The summed E-state index contributed by atoms with van der Waals surface area (Å²) in [4.78, 5) is 43.1. The highest BCUT2D eigenvalue weighted by molar-refractivity contribution is 5.99. The Morgan fingerprint density at radius 2 is 2.19 bits per heavy atom. The first-order valence-corrected chi connectivity index (χ1v) is 8.54. The molecule has 26 heavy (non-hydrogen) atoms. The summed E-state index contributed by atoms with van der Waals surface area (Å²) in [6, 6.07) is 5.78. The van der Waals surface area contributed by atoms with Crippen molar-refractivity contribution in [2.45, 2.75) is 19.0 Å². The van der Waals surface area contributed by atoms with Crippen LogP contribution in [-0.2, 0) is 22.7 Å². The first kappa shape index (κ1) is 16.4. The van der Waals surface area contributed by atoms with Gasteiger partial charge in [-0.25, -0.2) is 4.79 Å². The molecule has 7 heteroatoms. The standard InChI is InChI=1S/C19H20N4O3/c1-3-17(25)20-7-11-4-5-14-12(6-11)18-13-8-23(9-15(18)21-14)19(26)22(2)10-16(13)24/h3-6,13,21H,1,7-10H2,2H3,(H,20,25). The molecular formula is C19H20N4O3. The fourth-order valence-corrected chi connectivity index (χ4v) is 3.84. The monoisotopic (exact) mass is 352 g/mol. The van der Waals surface area contributed by atoms with Crippen molar-refractivity contribution in [3.63, 3.8) is 0 Å². The Morgan fingerprint density at radius 1 is 1.38 bits per heavy atom. The minimum absolute atomic E-state index is 0.0514. The van der Waals surface area contributed by atoms with Crippen LogP contribution >= 0.6 is 0 Å². The molecule has 0 aliphatic carbocycles. The van der Waals surface area contributed by atoms with Gasteiger partial charge in [0, 0.05) is 36.7 Å². The zero-order valence-electron chi connectivity index (χ0n) is 14.5. The fraction of sp³-hybridized carbons (Fsp3) is 0.316. The van der Waals surface area contributed by atoms with Crippen LogP contribution in [0.5, 0.6) is 0 Å². The molecule has 3 heterocycles. The van der Waals surface area contributed by atoms with Gasteiger partial charge in [0.15, 0.2) is 5.78 Å². The Kier molecular flexibility index (Phi) is 3.79. The maximum Gasteiger partial charge on any atom is 0.320 e. The molecule has 1 atom stereocenters. The van der Waals surface area contributed by atoms with Crippen LogP contribution in [0.2, 0.25) is 0 Å². The highest BCUT2D eigenvalue weighted by atomic mass is 16.2. The van der Waals surface area contributed by atoms with Gasteiger partial charge in [-0.15, -0.1) is 0 Å². The second-order valence-electron chi connectivity index (χ2n) is 6.86. The number of ketones is 1. The van der Waals surface area contributed by atoms with Gasteiger partial charge in [0.2, 0.25) is 5.91 Å². The number of benzene rings is 1. The quantitative estimate of drug-likeness (QED) is 0.821. The number of nitrogens with one attached hydrogen (secondary N) is 2. The van der Waals surface area contributed by atoms with E-state index in [-0.39, 0.29) is 30.2 Å². The Morgan fingerprint density at radius 3 is 2.96 bits per heavy atom. The average Bonchev–Trinajstić information content (AvgIpc) is 2.98. The molecular weight excluding hydrogens is 332 g/mol. The number of carbonyl (C=O) groups excluding carboxylic acids is 3. The lowest BCUT2D eigenvalue weighted by Crippen LogP contribution is -2.41. The lowest BCUT2D eigenvalue weighted by atomic mass is 9.88. The van der Waals surface area contributed by atoms with Crippen LogP contribution in [0.1, 0.15) is 22.7 Å². The molecule has 3 amide bonds. The van der Waals surface area contributed by atoms with Crippen molar-refractivity contribution >= 4 is 28.6 Å². The van der Waals surface area contributed by atoms with Crippen molar-refractivity contribution in [3.8, 4) is 0 Å². The number of H-pyrrole nitrogens is 1. The van der Waals surface area contributed by atoms with Crippen LogP contribution in [0.25, 0.3) is 10.9 Å². The van der Waals surface area contributed by atoms with Crippen LogP contribution in [0.4, 0.5) is 4.79 Å². The number of rotatable bonds is 3. The summed E-state index contributed by atoms with van der Waals surface area (Å²) >= 11 is 0. The van der Waals surface area contributed by atoms with E-state index in [0.717, 1.165) is 27.7 Å². The third kappa shape index (κ3) is 2.56. The summed E-state index contributed by atoms with van der Waals surface area (Å²) in [5.41, 5.74) is 3.79. The summed E-state index contributed by atoms with van der Waals surface area (Å²) < 4.78 is 0. The van der Waals surface area contributed by atoms with Gasteiger partial charge < -0.3 is 20.1 Å².